The first-order chi connectivity index (χ1) is 18.0. The Bertz CT molecular complexity index is 1380. The molecule has 0 atom stereocenters. The van der Waals surface area contributed by atoms with Crippen LogP contribution in [0.4, 0.5) is 0 Å². The summed E-state index contributed by atoms with van der Waals surface area (Å²) in [6.45, 7) is 2.12. The van der Waals surface area contributed by atoms with E-state index >= 15 is 0 Å². The summed E-state index contributed by atoms with van der Waals surface area (Å²) < 4.78 is 14.3. The number of amides is 1. The Kier molecular flexibility index (Phi) is 8.36. The van der Waals surface area contributed by atoms with Crippen molar-refractivity contribution < 1.29 is 14.3 Å². The Labute approximate surface area is 231 Å². The predicted molar refractivity (Wildman–Crippen MR) is 150 cm³/mol. The van der Waals surface area contributed by atoms with Gasteiger partial charge in [-0.25, -0.2) is 4.98 Å². The number of fused-ring (bicyclic) bond motifs is 1. The molecule has 3 aromatic rings. The number of hydrogen-bond donors (Lipinski definition) is 0. The zero-order valence-corrected chi connectivity index (χ0v) is 23.5. The van der Waals surface area contributed by atoms with E-state index in [0.717, 1.165) is 34.6 Å². The van der Waals surface area contributed by atoms with Gasteiger partial charge >= 0.3 is 0 Å². The Balaban J connectivity index is 1.47. The summed E-state index contributed by atoms with van der Waals surface area (Å²) in [5.74, 6) is 1.29. The number of rotatable bonds is 6. The van der Waals surface area contributed by atoms with Gasteiger partial charge < -0.3 is 14.4 Å². The molecule has 8 nitrogen and oxygen atoms in total. The summed E-state index contributed by atoms with van der Waals surface area (Å²) in [6, 6.07) is 11.0. The van der Waals surface area contributed by atoms with E-state index in [1.807, 2.05) is 24.3 Å². The lowest BCUT2D eigenvalue weighted by molar-refractivity contribution is -0.137. The first-order valence-corrected chi connectivity index (χ1v) is 14.1. The molecule has 0 unspecified atom stereocenters. The Hall–Kier alpha value is -2.56. The van der Waals surface area contributed by atoms with Crippen LogP contribution in [0.2, 0.25) is 0 Å². The number of aromatic nitrogens is 2. The predicted octanol–water partition coefficient (Wildman–Crippen LogP) is 5.09. The van der Waals surface area contributed by atoms with Gasteiger partial charge in [0.15, 0.2) is 6.61 Å². The maximum Gasteiger partial charge on any atom is 0.282 e. The molecule has 1 amide bonds. The van der Waals surface area contributed by atoms with Crippen molar-refractivity contribution in [2.75, 3.05) is 32.9 Å². The number of morpholine rings is 1. The highest BCUT2D eigenvalue weighted by atomic mass is 79.9. The van der Waals surface area contributed by atoms with E-state index in [0.29, 0.717) is 54.3 Å². The standard InChI is InChI=1S/C27H28Br2N4O4/c28-20-7-9-24(37-17-25(34)32-10-12-36-13-11-32)19(14-20)16-30-33-26(18-4-2-1-3-5-18)31-23-8-6-21(29)15-22(23)27(33)35/h6-9,14-16,18H,1-5,10-13,17H2. The van der Waals surface area contributed by atoms with Crippen molar-refractivity contribution in [1.82, 2.24) is 14.6 Å². The van der Waals surface area contributed by atoms with E-state index in [-0.39, 0.29) is 24.0 Å². The minimum atomic E-state index is -0.205. The molecule has 37 heavy (non-hydrogen) atoms. The van der Waals surface area contributed by atoms with Gasteiger partial charge in [-0.2, -0.15) is 9.78 Å². The van der Waals surface area contributed by atoms with Crippen molar-refractivity contribution in [2.24, 2.45) is 5.10 Å². The van der Waals surface area contributed by atoms with Crippen molar-refractivity contribution in [3.05, 3.63) is 67.1 Å². The second kappa shape index (κ2) is 11.9. The van der Waals surface area contributed by atoms with Gasteiger partial charge in [0, 0.05) is 33.5 Å². The zero-order valence-electron chi connectivity index (χ0n) is 20.4. The maximum absolute atomic E-state index is 13.6. The number of hydrogen-bond acceptors (Lipinski definition) is 6. The van der Waals surface area contributed by atoms with Crippen LogP contribution in [0, 0.1) is 0 Å². The highest BCUT2D eigenvalue weighted by Crippen LogP contribution is 2.32. The van der Waals surface area contributed by atoms with Gasteiger partial charge in [-0.1, -0.05) is 51.1 Å². The average molecular weight is 632 g/mol. The molecule has 2 aromatic carbocycles. The van der Waals surface area contributed by atoms with Crippen LogP contribution in [-0.2, 0) is 9.53 Å². The van der Waals surface area contributed by atoms with Gasteiger partial charge in [0.05, 0.1) is 30.3 Å². The third kappa shape index (κ3) is 6.13. The Morgan fingerprint density at radius 2 is 1.81 bits per heavy atom. The lowest BCUT2D eigenvalue weighted by atomic mass is 9.88. The first kappa shape index (κ1) is 26.1. The number of carbonyl (C=O) groups is 1. The van der Waals surface area contributed by atoms with Gasteiger partial charge in [-0.3, -0.25) is 9.59 Å². The van der Waals surface area contributed by atoms with Crippen molar-refractivity contribution in [1.29, 1.82) is 0 Å². The van der Waals surface area contributed by atoms with Gasteiger partial charge in [0.2, 0.25) is 0 Å². The Morgan fingerprint density at radius 1 is 1.08 bits per heavy atom. The first-order valence-electron chi connectivity index (χ1n) is 12.5. The van der Waals surface area contributed by atoms with Crippen molar-refractivity contribution in [2.45, 2.75) is 38.0 Å². The normalized spacial score (nSPS) is 17.0. The molecule has 1 aliphatic carbocycles. The highest BCUT2D eigenvalue weighted by molar-refractivity contribution is 9.10. The summed E-state index contributed by atoms with van der Waals surface area (Å²) in [7, 11) is 0. The number of carbonyl (C=O) groups excluding carboxylic acids is 1. The van der Waals surface area contributed by atoms with E-state index in [4.69, 9.17) is 14.5 Å². The molecule has 194 valence electrons. The van der Waals surface area contributed by atoms with Crippen LogP contribution in [-0.4, -0.2) is 59.6 Å². The summed E-state index contributed by atoms with van der Waals surface area (Å²) >= 11 is 6.97. The molecular weight excluding hydrogens is 604 g/mol. The van der Waals surface area contributed by atoms with Gasteiger partial charge in [0.1, 0.15) is 11.6 Å². The molecule has 2 heterocycles. The van der Waals surface area contributed by atoms with Crippen LogP contribution in [0.3, 0.4) is 0 Å². The second-order valence-corrected chi connectivity index (χ2v) is 11.1. The van der Waals surface area contributed by atoms with Crippen LogP contribution in [0.25, 0.3) is 10.9 Å². The lowest BCUT2D eigenvalue weighted by Crippen LogP contribution is -2.43. The summed E-state index contributed by atoms with van der Waals surface area (Å²) in [5, 5.41) is 5.15. The molecule has 0 bridgehead atoms. The lowest BCUT2D eigenvalue weighted by Gasteiger charge is -2.26. The minimum Gasteiger partial charge on any atom is -0.483 e. The molecule has 1 aliphatic heterocycles. The zero-order chi connectivity index (χ0) is 25.8. The molecule has 10 heteroatoms. The fourth-order valence-electron chi connectivity index (χ4n) is 4.82. The van der Waals surface area contributed by atoms with E-state index in [2.05, 4.69) is 37.0 Å². The minimum absolute atomic E-state index is 0.0820. The molecule has 0 spiro atoms. The molecule has 1 saturated carbocycles. The highest BCUT2D eigenvalue weighted by Gasteiger charge is 2.23. The average Bonchev–Trinajstić information content (AvgIpc) is 2.93. The third-order valence-electron chi connectivity index (χ3n) is 6.80. The topological polar surface area (TPSA) is 86.0 Å². The molecule has 0 N–H and O–H groups in total. The third-order valence-corrected chi connectivity index (χ3v) is 7.79. The quantitative estimate of drug-likeness (QED) is 0.354. The van der Waals surface area contributed by atoms with E-state index < -0.39 is 0 Å². The fourth-order valence-corrected chi connectivity index (χ4v) is 5.56. The molecule has 1 saturated heterocycles. The molecule has 1 aromatic heterocycles. The SMILES string of the molecule is O=C(COc1ccc(Br)cc1C=Nn1c(C2CCCCC2)nc2ccc(Br)cc2c1=O)N1CCOCC1. The van der Waals surface area contributed by atoms with Crippen LogP contribution >= 0.6 is 31.9 Å². The summed E-state index contributed by atoms with van der Waals surface area (Å²) in [5.41, 5.74) is 1.12. The summed E-state index contributed by atoms with van der Waals surface area (Å²) in [6.07, 6.45) is 7.01. The van der Waals surface area contributed by atoms with Gasteiger partial charge in [-0.05, 0) is 49.2 Å². The summed E-state index contributed by atoms with van der Waals surface area (Å²) in [4.78, 5) is 32.8. The smallest absolute Gasteiger partial charge is 0.282 e. The number of nitrogens with zero attached hydrogens (tertiary/aromatic N) is 4. The molecular formula is C27H28Br2N4O4. The van der Waals surface area contributed by atoms with Crippen LogP contribution in [0.5, 0.6) is 5.75 Å². The molecule has 5 rings (SSSR count). The second-order valence-electron chi connectivity index (χ2n) is 9.29. The maximum atomic E-state index is 13.6. The van der Waals surface area contributed by atoms with Crippen LogP contribution in [0.1, 0.15) is 49.4 Å². The van der Waals surface area contributed by atoms with Crippen LogP contribution in [0.15, 0.2) is 55.2 Å². The van der Waals surface area contributed by atoms with Crippen molar-refractivity contribution in [3.8, 4) is 5.75 Å². The van der Waals surface area contributed by atoms with Gasteiger partial charge in [-0.15, -0.1) is 0 Å². The van der Waals surface area contributed by atoms with E-state index in [1.165, 1.54) is 11.1 Å². The molecule has 0 radical (unpaired) electrons. The Morgan fingerprint density at radius 3 is 2.59 bits per heavy atom. The van der Waals surface area contributed by atoms with E-state index in [1.54, 1.807) is 23.2 Å². The molecule has 2 fully saturated rings. The monoisotopic (exact) mass is 630 g/mol. The van der Waals surface area contributed by atoms with Gasteiger partial charge in [0.25, 0.3) is 11.5 Å². The largest absolute Gasteiger partial charge is 0.483 e. The molecule has 2 aliphatic rings. The van der Waals surface area contributed by atoms with Crippen LogP contribution < -0.4 is 10.3 Å². The van der Waals surface area contributed by atoms with Crippen molar-refractivity contribution in [3.63, 3.8) is 0 Å². The number of benzene rings is 2. The van der Waals surface area contributed by atoms with Crippen molar-refractivity contribution >= 4 is 54.9 Å². The van der Waals surface area contributed by atoms with E-state index in [9.17, 15) is 9.59 Å². The fraction of sp³-hybridized carbons (Fsp3) is 0.407. The number of halogens is 2. The number of ether oxygens (including phenoxy) is 2.